The molecule has 0 fully saturated rings. The van der Waals surface area contributed by atoms with Crippen molar-refractivity contribution < 1.29 is 19.4 Å². The van der Waals surface area contributed by atoms with Gasteiger partial charge >= 0.3 is 5.97 Å². The number of hydrazone groups is 1. The molecule has 0 spiro atoms. The van der Waals surface area contributed by atoms with Gasteiger partial charge in [-0.15, -0.1) is 0 Å². The van der Waals surface area contributed by atoms with Crippen molar-refractivity contribution in [1.29, 1.82) is 0 Å². The molecular weight excluding hydrogens is 424 g/mol. The molecule has 0 aromatic heterocycles. The van der Waals surface area contributed by atoms with Crippen molar-refractivity contribution in [2.45, 2.75) is 0 Å². The van der Waals surface area contributed by atoms with E-state index in [1.807, 2.05) is 6.07 Å². The van der Waals surface area contributed by atoms with Gasteiger partial charge < -0.3 is 9.84 Å². The normalized spacial score (nSPS) is 10.6. The van der Waals surface area contributed by atoms with Crippen LogP contribution in [-0.2, 0) is 0 Å². The van der Waals surface area contributed by atoms with Crippen molar-refractivity contribution in [2.24, 2.45) is 5.10 Å². The first-order valence-corrected chi connectivity index (χ1v) is 9.01. The number of phenolic OH excluding ortho intramolecular Hbond substituents is 1. The molecule has 0 radical (unpaired) electrons. The second kappa shape index (κ2) is 8.96. The molecule has 0 bridgehead atoms. The topological polar surface area (TPSA) is 88.0 Å². The van der Waals surface area contributed by atoms with E-state index < -0.39 is 11.9 Å². The number of aromatic hydroxyl groups is 1. The lowest BCUT2D eigenvalue weighted by molar-refractivity contribution is 0.0734. The molecule has 0 atom stereocenters. The van der Waals surface area contributed by atoms with Gasteiger partial charge in [-0.1, -0.05) is 34.1 Å². The van der Waals surface area contributed by atoms with Gasteiger partial charge in [-0.25, -0.2) is 10.2 Å². The van der Waals surface area contributed by atoms with Crippen molar-refractivity contribution in [3.63, 3.8) is 0 Å². The fourth-order valence-corrected chi connectivity index (χ4v) is 2.66. The Balaban J connectivity index is 1.73. The van der Waals surface area contributed by atoms with Gasteiger partial charge in [0.25, 0.3) is 5.91 Å². The zero-order valence-electron chi connectivity index (χ0n) is 14.5. The molecule has 140 valence electrons. The first-order chi connectivity index (χ1) is 13.5. The monoisotopic (exact) mass is 438 g/mol. The summed E-state index contributed by atoms with van der Waals surface area (Å²) in [5, 5.41) is 13.2. The maximum atomic E-state index is 12.3. The van der Waals surface area contributed by atoms with Gasteiger partial charge in [-0.05, 0) is 54.6 Å². The molecule has 0 aliphatic rings. The van der Waals surface area contributed by atoms with Crippen LogP contribution in [-0.4, -0.2) is 23.2 Å². The van der Waals surface area contributed by atoms with E-state index in [-0.39, 0.29) is 5.75 Å². The summed E-state index contributed by atoms with van der Waals surface area (Å²) in [7, 11) is 0. The van der Waals surface area contributed by atoms with E-state index in [2.05, 4.69) is 26.5 Å². The summed E-state index contributed by atoms with van der Waals surface area (Å²) in [6, 6.07) is 19.5. The van der Waals surface area contributed by atoms with E-state index in [9.17, 15) is 14.7 Å². The molecule has 0 aliphatic carbocycles. The zero-order valence-corrected chi connectivity index (χ0v) is 16.1. The average molecular weight is 439 g/mol. The van der Waals surface area contributed by atoms with Crippen molar-refractivity contribution in [3.05, 3.63) is 94.0 Å². The van der Waals surface area contributed by atoms with Gasteiger partial charge in [-0.2, -0.15) is 5.10 Å². The lowest BCUT2D eigenvalue weighted by Crippen LogP contribution is -2.17. The molecule has 28 heavy (non-hydrogen) atoms. The van der Waals surface area contributed by atoms with Gasteiger partial charge in [0.2, 0.25) is 0 Å². The molecule has 2 N–H and O–H groups in total. The minimum Gasteiger partial charge on any atom is -0.508 e. The highest BCUT2D eigenvalue weighted by molar-refractivity contribution is 9.10. The number of hydrogen-bond donors (Lipinski definition) is 2. The van der Waals surface area contributed by atoms with Gasteiger partial charge in [0.1, 0.15) is 11.5 Å². The first kappa shape index (κ1) is 19.3. The highest BCUT2D eigenvalue weighted by Gasteiger charge is 2.11. The van der Waals surface area contributed by atoms with Crippen LogP contribution < -0.4 is 10.2 Å². The molecule has 3 rings (SSSR count). The molecule has 3 aromatic rings. The summed E-state index contributed by atoms with van der Waals surface area (Å²) >= 11 is 3.36. The van der Waals surface area contributed by atoms with Gasteiger partial charge in [0.15, 0.2) is 0 Å². The predicted octanol–water partition coefficient (Wildman–Crippen LogP) is 4.14. The van der Waals surface area contributed by atoms with Crippen molar-refractivity contribution >= 4 is 34.0 Å². The lowest BCUT2D eigenvalue weighted by atomic mass is 10.2. The Morgan fingerprint density at radius 2 is 1.68 bits per heavy atom. The second-order valence-electron chi connectivity index (χ2n) is 5.68. The molecule has 1 amide bonds. The van der Waals surface area contributed by atoms with Crippen LogP contribution in [0.1, 0.15) is 26.3 Å². The number of benzene rings is 3. The fraction of sp³-hybridized carbons (Fsp3) is 0. The minimum atomic E-state index is -0.495. The van der Waals surface area contributed by atoms with Crippen LogP contribution >= 0.6 is 15.9 Å². The third-order valence-electron chi connectivity index (χ3n) is 3.68. The Bertz CT molecular complexity index is 1020. The second-order valence-corrected chi connectivity index (χ2v) is 6.60. The maximum absolute atomic E-state index is 12.3. The Labute approximate surface area is 169 Å². The van der Waals surface area contributed by atoms with Gasteiger partial charge in [-0.3, -0.25) is 4.79 Å². The summed E-state index contributed by atoms with van der Waals surface area (Å²) < 4.78 is 6.21. The number of ether oxygens (including phenoxy) is 1. The molecule has 0 heterocycles. The van der Waals surface area contributed by atoms with E-state index in [0.29, 0.717) is 22.4 Å². The number of amides is 1. The number of carbonyl (C=O) groups is 2. The number of hydrogen-bond acceptors (Lipinski definition) is 5. The van der Waals surface area contributed by atoms with E-state index in [0.717, 1.165) is 4.47 Å². The van der Waals surface area contributed by atoms with Crippen LogP contribution in [0.4, 0.5) is 0 Å². The van der Waals surface area contributed by atoms with Crippen LogP contribution in [0.5, 0.6) is 11.5 Å². The largest absolute Gasteiger partial charge is 0.508 e. The van der Waals surface area contributed by atoms with Gasteiger partial charge in [0.05, 0.1) is 11.8 Å². The van der Waals surface area contributed by atoms with Crippen LogP contribution in [0.25, 0.3) is 0 Å². The number of rotatable bonds is 5. The van der Waals surface area contributed by atoms with Gasteiger partial charge in [0, 0.05) is 15.6 Å². The zero-order chi connectivity index (χ0) is 19.9. The van der Waals surface area contributed by atoms with E-state index >= 15 is 0 Å². The van der Waals surface area contributed by atoms with Crippen LogP contribution in [0.2, 0.25) is 0 Å². The van der Waals surface area contributed by atoms with E-state index in [4.69, 9.17) is 4.74 Å². The standard InChI is InChI=1S/C21H15BrN2O4/c22-17-8-11-19(28-21(27)15-4-2-1-3-5-15)16(12-17)13-23-24-20(26)14-6-9-18(25)10-7-14/h1-13,25H,(H,24,26)/b23-13-. The number of carbonyl (C=O) groups excluding carboxylic acids is 2. The summed E-state index contributed by atoms with van der Waals surface area (Å²) in [4.78, 5) is 24.3. The van der Waals surface area contributed by atoms with Crippen molar-refractivity contribution in [3.8, 4) is 11.5 Å². The smallest absolute Gasteiger partial charge is 0.343 e. The minimum absolute atomic E-state index is 0.0686. The predicted molar refractivity (Wildman–Crippen MR) is 109 cm³/mol. The first-order valence-electron chi connectivity index (χ1n) is 8.22. The van der Waals surface area contributed by atoms with Crippen LogP contribution in [0, 0.1) is 0 Å². The van der Waals surface area contributed by atoms with Crippen LogP contribution in [0.3, 0.4) is 0 Å². The Kier molecular flexibility index (Phi) is 6.18. The Morgan fingerprint density at radius 1 is 0.964 bits per heavy atom. The third-order valence-corrected chi connectivity index (χ3v) is 4.18. The number of nitrogens with one attached hydrogen (secondary N) is 1. The number of phenols is 1. The summed E-state index contributed by atoms with van der Waals surface area (Å²) in [5.74, 6) is -0.557. The molecule has 0 saturated carbocycles. The lowest BCUT2D eigenvalue weighted by Gasteiger charge is -2.08. The number of esters is 1. The number of nitrogens with zero attached hydrogens (tertiary/aromatic N) is 1. The quantitative estimate of drug-likeness (QED) is 0.271. The third kappa shape index (κ3) is 5.05. The highest BCUT2D eigenvalue weighted by Crippen LogP contribution is 2.23. The van der Waals surface area contributed by atoms with Crippen molar-refractivity contribution in [2.75, 3.05) is 0 Å². The molecule has 6 nitrogen and oxygen atoms in total. The summed E-state index contributed by atoms with van der Waals surface area (Å²) in [5.41, 5.74) is 3.67. The average Bonchev–Trinajstić information content (AvgIpc) is 2.71. The number of halogens is 1. The summed E-state index contributed by atoms with van der Waals surface area (Å²) in [6.45, 7) is 0. The van der Waals surface area contributed by atoms with E-state index in [1.165, 1.54) is 30.5 Å². The molecule has 0 saturated heterocycles. The Hall–Kier alpha value is -3.45. The SMILES string of the molecule is O=C(N/N=C\c1cc(Br)ccc1OC(=O)c1ccccc1)c1ccc(O)cc1. The molecule has 0 aliphatic heterocycles. The van der Waals surface area contributed by atoms with Crippen LogP contribution in [0.15, 0.2) is 82.4 Å². The van der Waals surface area contributed by atoms with E-state index in [1.54, 1.807) is 42.5 Å². The maximum Gasteiger partial charge on any atom is 0.343 e. The molecule has 3 aromatic carbocycles. The molecule has 0 unspecified atom stereocenters. The highest BCUT2D eigenvalue weighted by atomic mass is 79.9. The van der Waals surface area contributed by atoms with Crippen molar-refractivity contribution in [1.82, 2.24) is 5.43 Å². The fourth-order valence-electron chi connectivity index (χ4n) is 2.28. The summed E-state index contributed by atoms with van der Waals surface area (Å²) in [6.07, 6.45) is 1.39. The Morgan fingerprint density at radius 3 is 2.39 bits per heavy atom. The molecule has 7 heteroatoms. The molecular formula is C21H15BrN2O4.